The second-order valence-electron chi connectivity index (χ2n) is 7.66. The Bertz CT molecular complexity index is 755. The van der Waals surface area contributed by atoms with Crippen LogP contribution in [0, 0.1) is 0 Å². The zero-order valence-electron chi connectivity index (χ0n) is 17.1. The summed E-state index contributed by atoms with van der Waals surface area (Å²) in [4.78, 5) is 14.8. The zero-order chi connectivity index (χ0) is 20.7. The summed E-state index contributed by atoms with van der Waals surface area (Å²) in [7, 11) is -1.97. The number of hydrogen-bond acceptors (Lipinski definition) is 5. The van der Waals surface area contributed by atoms with Gasteiger partial charge in [-0.2, -0.15) is 4.31 Å². The molecule has 9 heteroatoms. The van der Waals surface area contributed by atoms with E-state index in [1.54, 1.807) is 31.4 Å². The fourth-order valence-electron chi connectivity index (χ4n) is 3.88. The minimum atomic E-state index is -3.52. The summed E-state index contributed by atoms with van der Waals surface area (Å²) < 4.78 is 32.1. The number of nitrogens with one attached hydrogen (secondary N) is 2. The molecular weight excluding hydrogens is 392 g/mol. The lowest BCUT2D eigenvalue weighted by atomic mass is 10.1. The van der Waals surface area contributed by atoms with Crippen LogP contribution >= 0.6 is 0 Å². The Morgan fingerprint density at radius 2 is 1.72 bits per heavy atom. The maximum Gasteiger partial charge on any atom is 0.315 e. The van der Waals surface area contributed by atoms with Crippen molar-refractivity contribution in [3.05, 3.63) is 24.3 Å². The van der Waals surface area contributed by atoms with Crippen LogP contribution in [0.4, 0.5) is 4.79 Å². The molecule has 8 nitrogen and oxygen atoms in total. The Balaban J connectivity index is 1.40. The average molecular weight is 425 g/mol. The van der Waals surface area contributed by atoms with Crippen LogP contribution in [0.5, 0.6) is 5.75 Å². The highest BCUT2D eigenvalue weighted by Gasteiger charge is 2.30. The van der Waals surface area contributed by atoms with E-state index in [-0.39, 0.29) is 17.0 Å². The molecule has 2 aliphatic heterocycles. The van der Waals surface area contributed by atoms with E-state index in [9.17, 15) is 13.2 Å². The molecule has 2 amide bonds. The lowest BCUT2D eigenvalue weighted by Crippen LogP contribution is -2.50. The van der Waals surface area contributed by atoms with E-state index < -0.39 is 10.0 Å². The summed E-state index contributed by atoms with van der Waals surface area (Å²) in [6.45, 7) is 4.54. The van der Waals surface area contributed by atoms with Crippen LogP contribution in [-0.4, -0.2) is 76.1 Å². The molecule has 0 radical (unpaired) electrons. The maximum absolute atomic E-state index is 12.8. The van der Waals surface area contributed by atoms with Gasteiger partial charge in [0.15, 0.2) is 0 Å². The molecule has 2 heterocycles. The molecule has 2 fully saturated rings. The average Bonchev–Trinajstić information content (AvgIpc) is 2.75. The number of carbonyl (C=O) groups is 1. The summed E-state index contributed by atoms with van der Waals surface area (Å²) in [6.07, 6.45) is 5.00. The standard InChI is InChI=1S/C20H32N4O4S/c1-28-18-5-7-19(8-6-18)29(26,27)24-14-9-17(10-15-24)22-20(25)21-11-16-23-12-3-2-4-13-23/h5-8,17H,2-4,9-16H2,1H3,(H2,21,22,25). The topological polar surface area (TPSA) is 91.0 Å². The van der Waals surface area contributed by atoms with Crippen molar-refractivity contribution >= 4 is 16.1 Å². The first kappa shape index (κ1) is 21.9. The molecule has 2 aliphatic rings. The van der Waals surface area contributed by atoms with Crippen LogP contribution in [0.25, 0.3) is 0 Å². The normalized spacial score (nSPS) is 19.6. The number of methoxy groups -OCH3 is 1. The highest BCUT2D eigenvalue weighted by atomic mass is 32.2. The number of urea groups is 1. The van der Waals surface area contributed by atoms with E-state index in [4.69, 9.17) is 4.74 Å². The van der Waals surface area contributed by atoms with Crippen LogP contribution < -0.4 is 15.4 Å². The van der Waals surface area contributed by atoms with Gasteiger partial charge in [0.25, 0.3) is 0 Å². The molecule has 0 aliphatic carbocycles. The molecule has 0 atom stereocenters. The second-order valence-corrected chi connectivity index (χ2v) is 9.59. The smallest absolute Gasteiger partial charge is 0.315 e. The van der Waals surface area contributed by atoms with Crippen molar-refractivity contribution in [2.45, 2.75) is 43.0 Å². The lowest BCUT2D eigenvalue weighted by Gasteiger charge is -2.31. The third-order valence-corrected chi connectivity index (χ3v) is 7.56. The van der Waals surface area contributed by atoms with Crippen molar-refractivity contribution in [2.75, 3.05) is 46.4 Å². The number of carbonyl (C=O) groups excluding carboxylic acids is 1. The van der Waals surface area contributed by atoms with Gasteiger partial charge < -0.3 is 20.3 Å². The molecule has 3 rings (SSSR count). The Hall–Kier alpha value is -1.84. The molecule has 0 bridgehead atoms. The highest BCUT2D eigenvalue weighted by molar-refractivity contribution is 7.89. The SMILES string of the molecule is COc1ccc(S(=O)(=O)N2CCC(NC(=O)NCCN3CCCCC3)CC2)cc1. The number of sulfonamides is 1. The van der Waals surface area contributed by atoms with Gasteiger partial charge in [-0.05, 0) is 63.0 Å². The quantitative estimate of drug-likeness (QED) is 0.694. The van der Waals surface area contributed by atoms with Gasteiger partial charge in [0.05, 0.1) is 12.0 Å². The Morgan fingerprint density at radius 1 is 1.07 bits per heavy atom. The maximum atomic E-state index is 12.8. The number of hydrogen-bond donors (Lipinski definition) is 2. The van der Waals surface area contributed by atoms with Crippen molar-refractivity contribution in [1.29, 1.82) is 0 Å². The predicted octanol–water partition coefficient (Wildman–Crippen LogP) is 1.63. The van der Waals surface area contributed by atoms with Crippen LogP contribution in [0.1, 0.15) is 32.1 Å². The number of piperidine rings is 2. The molecule has 0 saturated carbocycles. The van der Waals surface area contributed by atoms with Crippen LogP contribution in [0.2, 0.25) is 0 Å². The Labute approximate surface area is 173 Å². The minimum Gasteiger partial charge on any atom is -0.497 e. The Kier molecular flexibility index (Phi) is 7.74. The molecule has 2 N–H and O–H groups in total. The summed E-state index contributed by atoms with van der Waals surface area (Å²) in [6, 6.07) is 6.25. The number of ether oxygens (including phenoxy) is 1. The number of benzene rings is 1. The van der Waals surface area contributed by atoms with E-state index in [0.717, 1.165) is 19.6 Å². The van der Waals surface area contributed by atoms with E-state index in [1.165, 1.54) is 23.6 Å². The molecule has 29 heavy (non-hydrogen) atoms. The van der Waals surface area contributed by atoms with Gasteiger partial charge in [0.2, 0.25) is 10.0 Å². The van der Waals surface area contributed by atoms with Gasteiger partial charge in [-0.1, -0.05) is 6.42 Å². The van der Waals surface area contributed by atoms with Gasteiger partial charge in [-0.15, -0.1) is 0 Å². The third-order valence-electron chi connectivity index (χ3n) is 5.65. The van der Waals surface area contributed by atoms with Gasteiger partial charge >= 0.3 is 6.03 Å². The van der Waals surface area contributed by atoms with Crippen LogP contribution in [0.15, 0.2) is 29.2 Å². The first-order valence-electron chi connectivity index (χ1n) is 10.4. The van der Waals surface area contributed by atoms with Crippen molar-refractivity contribution in [2.24, 2.45) is 0 Å². The van der Waals surface area contributed by atoms with Gasteiger partial charge in [0.1, 0.15) is 5.75 Å². The van der Waals surface area contributed by atoms with Crippen molar-refractivity contribution in [3.63, 3.8) is 0 Å². The third kappa shape index (κ3) is 6.07. The molecule has 162 valence electrons. The molecule has 2 saturated heterocycles. The van der Waals surface area contributed by atoms with E-state index in [2.05, 4.69) is 15.5 Å². The number of rotatable bonds is 7. The summed E-state index contributed by atoms with van der Waals surface area (Å²) in [5.74, 6) is 0.623. The fraction of sp³-hybridized carbons (Fsp3) is 0.650. The number of nitrogens with zero attached hydrogens (tertiary/aromatic N) is 2. The Morgan fingerprint density at radius 3 is 2.34 bits per heavy atom. The number of amides is 2. The molecule has 1 aromatic carbocycles. The van der Waals surface area contributed by atoms with Gasteiger partial charge in [0, 0.05) is 32.2 Å². The highest BCUT2D eigenvalue weighted by Crippen LogP contribution is 2.22. The molecule has 0 spiro atoms. The first-order valence-corrected chi connectivity index (χ1v) is 11.8. The van der Waals surface area contributed by atoms with Crippen LogP contribution in [0.3, 0.4) is 0 Å². The zero-order valence-corrected chi connectivity index (χ0v) is 17.9. The van der Waals surface area contributed by atoms with E-state index in [1.807, 2.05) is 0 Å². The largest absolute Gasteiger partial charge is 0.497 e. The van der Waals surface area contributed by atoms with E-state index >= 15 is 0 Å². The minimum absolute atomic E-state index is 0.00713. The predicted molar refractivity (Wildman–Crippen MR) is 112 cm³/mol. The van der Waals surface area contributed by atoms with Crippen molar-refractivity contribution in [1.82, 2.24) is 19.8 Å². The van der Waals surface area contributed by atoms with E-state index in [0.29, 0.717) is 38.2 Å². The molecule has 1 aromatic rings. The molecular formula is C20H32N4O4S. The number of likely N-dealkylation sites (tertiary alicyclic amines) is 1. The molecule has 0 unspecified atom stereocenters. The summed E-state index contributed by atoms with van der Waals surface area (Å²) in [5, 5.41) is 5.90. The lowest BCUT2D eigenvalue weighted by molar-refractivity contribution is 0.214. The first-order chi connectivity index (χ1) is 14.0. The van der Waals surface area contributed by atoms with Crippen molar-refractivity contribution < 1.29 is 17.9 Å². The second kappa shape index (κ2) is 10.3. The summed E-state index contributed by atoms with van der Waals surface area (Å²) >= 11 is 0. The van der Waals surface area contributed by atoms with Gasteiger partial charge in [-0.3, -0.25) is 0 Å². The summed E-state index contributed by atoms with van der Waals surface area (Å²) in [5.41, 5.74) is 0. The van der Waals surface area contributed by atoms with Crippen LogP contribution in [-0.2, 0) is 10.0 Å². The van der Waals surface area contributed by atoms with Crippen molar-refractivity contribution in [3.8, 4) is 5.75 Å². The fourth-order valence-corrected chi connectivity index (χ4v) is 5.35. The monoisotopic (exact) mass is 424 g/mol. The molecule has 0 aromatic heterocycles. The van der Waals surface area contributed by atoms with Gasteiger partial charge in [-0.25, -0.2) is 13.2 Å².